The topological polar surface area (TPSA) is 91.3 Å². The van der Waals surface area contributed by atoms with Crippen LogP contribution in [0, 0.1) is 5.92 Å². The van der Waals surface area contributed by atoms with Gasteiger partial charge >= 0.3 is 11.9 Å². The van der Waals surface area contributed by atoms with Gasteiger partial charge in [-0.25, -0.2) is 4.79 Å². The van der Waals surface area contributed by atoms with Crippen LogP contribution in [0.25, 0.3) is 0 Å². The first kappa shape index (κ1) is 14.5. The highest BCUT2D eigenvalue weighted by Gasteiger charge is 2.60. The van der Waals surface area contributed by atoms with Gasteiger partial charge in [-0.1, -0.05) is 6.58 Å². The normalized spacial score (nSPS) is 38.0. The van der Waals surface area contributed by atoms with Crippen molar-refractivity contribution in [1.29, 1.82) is 0 Å². The average molecular weight is 298 g/mol. The lowest BCUT2D eigenvalue weighted by Gasteiger charge is -2.36. The summed E-state index contributed by atoms with van der Waals surface area (Å²) in [4.78, 5) is 22.7. The number of hydrogen-bond acceptors (Lipinski definition) is 7. The SMILES string of the molecule is C=C(C)C(=O)OCC(O)OC1C2CC3CC(=O)OC1C3O2. The maximum Gasteiger partial charge on any atom is 0.333 e. The summed E-state index contributed by atoms with van der Waals surface area (Å²) in [5.74, 6) is -0.674. The largest absolute Gasteiger partial charge is 0.457 e. The average Bonchev–Trinajstić information content (AvgIpc) is 2.96. The number of carbonyl (C=O) groups excluding carboxylic acids is 2. The monoisotopic (exact) mass is 298 g/mol. The Morgan fingerprint density at radius 1 is 1.52 bits per heavy atom. The third kappa shape index (κ3) is 2.68. The van der Waals surface area contributed by atoms with Crippen LogP contribution in [0.15, 0.2) is 12.2 Å². The van der Waals surface area contributed by atoms with Crippen LogP contribution in [0.5, 0.6) is 0 Å². The fourth-order valence-electron chi connectivity index (χ4n) is 3.16. The minimum Gasteiger partial charge on any atom is -0.457 e. The number of ether oxygens (including phenoxy) is 4. The molecule has 0 aromatic carbocycles. The van der Waals surface area contributed by atoms with Crippen LogP contribution in [-0.4, -0.2) is 54.4 Å². The van der Waals surface area contributed by atoms with Gasteiger partial charge in [-0.3, -0.25) is 4.79 Å². The van der Waals surface area contributed by atoms with E-state index in [-0.39, 0.29) is 36.3 Å². The van der Waals surface area contributed by atoms with Crippen molar-refractivity contribution < 1.29 is 33.6 Å². The maximum absolute atomic E-state index is 11.5. The minimum absolute atomic E-state index is 0.150. The molecule has 3 heterocycles. The number of hydrogen-bond donors (Lipinski definition) is 1. The fraction of sp³-hybridized carbons (Fsp3) is 0.714. The van der Waals surface area contributed by atoms with Crippen molar-refractivity contribution in [3.05, 3.63) is 12.2 Å². The van der Waals surface area contributed by atoms with E-state index in [0.29, 0.717) is 6.42 Å². The predicted molar refractivity (Wildman–Crippen MR) is 67.9 cm³/mol. The predicted octanol–water partition coefficient (Wildman–Crippen LogP) is -0.0879. The molecule has 3 aliphatic rings. The van der Waals surface area contributed by atoms with E-state index in [0.717, 1.165) is 6.42 Å². The Hall–Kier alpha value is -1.44. The van der Waals surface area contributed by atoms with Crippen LogP contribution >= 0.6 is 0 Å². The van der Waals surface area contributed by atoms with Gasteiger partial charge in [0, 0.05) is 11.5 Å². The molecule has 0 spiro atoms. The quantitative estimate of drug-likeness (QED) is 0.431. The fourth-order valence-corrected chi connectivity index (χ4v) is 3.16. The molecule has 0 aliphatic carbocycles. The molecular formula is C14H18O7. The lowest BCUT2D eigenvalue weighted by molar-refractivity contribution is -0.208. The van der Waals surface area contributed by atoms with Gasteiger partial charge in [0.15, 0.2) is 12.4 Å². The number of rotatable bonds is 5. The number of aliphatic hydroxyl groups is 1. The number of esters is 2. The molecule has 1 N–H and O–H groups in total. The molecule has 3 aliphatic heterocycles. The van der Waals surface area contributed by atoms with E-state index < -0.39 is 24.5 Å². The highest BCUT2D eigenvalue weighted by molar-refractivity contribution is 5.86. The van der Waals surface area contributed by atoms with E-state index in [1.54, 1.807) is 0 Å². The van der Waals surface area contributed by atoms with Crippen molar-refractivity contribution in [2.45, 2.75) is 50.5 Å². The van der Waals surface area contributed by atoms with Crippen molar-refractivity contribution in [2.75, 3.05) is 6.61 Å². The standard InChI is InChI=1S/C14H18O7/c1-6(2)14(17)18-5-10(16)21-12-8-3-7-4-9(15)20-13(12)11(7)19-8/h7-8,10-13,16H,1,3-5H2,2H3. The van der Waals surface area contributed by atoms with Crippen molar-refractivity contribution in [1.82, 2.24) is 0 Å². The first-order valence-electron chi connectivity index (χ1n) is 6.97. The zero-order valence-corrected chi connectivity index (χ0v) is 11.7. The van der Waals surface area contributed by atoms with Gasteiger partial charge in [0.1, 0.15) is 18.8 Å². The molecule has 2 bridgehead atoms. The van der Waals surface area contributed by atoms with E-state index in [9.17, 15) is 14.7 Å². The highest BCUT2D eigenvalue weighted by Crippen LogP contribution is 2.46. The van der Waals surface area contributed by atoms with E-state index in [4.69, 9.17) is 18.9 Å². The van der Waals surface area contributed by atoms with Gasteiger partial charge in [0.05, 0.1) is 12.5 Å². The van der Waals surface area contributed by atoms with Crippen molar-refractivity contribution in [3.8, 4) is 0 Å². The molecule has 0 amide bonds. The third-order valence-electron chi connectivity index (χ3n) is 4.06. The second kappa shape index (κ2) is 5.40. The molecule has 0 aromatic heterocycles. The summed E-state index contributed by atoms with van der Waals surface area (Å²) in [5.41, 5.74) is 0.245. The molecule has 6 atom stereocenters. The smallest absolute Gasteiger partial charge is 0.333 e. The van der Waals surface area contributed by atoms with Crippen LogP contribution in [0.1, 0.15) is 19.8 Å². The van der Waals surface area contributed by atoms with E-state index in [1.165, 1.54) is 6.92 Å². The summed E-state index contributed by atoms with van der Waals surface area (Å²) >= 11 is 0. The molecule has 0 saturated carbocycles. The Morgan fingerprint density at radius 2 is 2.29 bits per heavy atom. The Balaban J connectivity index is 1.54. The van der Waals surface area contributed by atoms with Gasteiger partial charge in [-0.15, -0.1) is 0 Å². The van der Waals surface area contributed by atoms with E-state index in [2.05, 4.69) is 6.58 Å². The number of aliphatic hydroxyl groups excluding tert-OH is 1. The highest BCUT2D eigenvalue weighted by atomic mass is 16.7. The number of fused-ring (bicyclic) bond motifs is 1. The summed E-state index contributed by atoms with van der Waals surface area (Å²) in [5, 5.41) is 9.81. The molecule has 3 saturated heterocycles. The first-order valence-corrected chi connectivity index (χ1v) is 6.97. The molecule has 21 heavy (non-hydrogen) atoms. The van der Waals surface area contributed by atoms with Gasteiger partial charge in [0.2, 0.25) is 0 Å². The first-order chi connectivity index (χ1) is 9.95. The lowest BCUT2D eigenvalue weighted by atomic mass is 9.81. The lowest BCUT2D eigenvalue weighted by Crippen LogP contribution is -2.51. The maximum atomic E-state index is 11.5. The van der Waals surface area contributed by atoms with Crippen molar-refractivity contribution in [2.24, 2.45) is 5.92 Å². The van der Waals surface area contributed by atoms with Crippen LogP contribution < -0.4 is 0 Å². The van der Waals surface area contributed by atoms with Crippen LogP contribution in [0.3, 0.4) is 0 Å². The number of carbonyl (C=O) groups is 2. The molecule has 6 unspecified atom stereocenters. The van der Waals surface area contributed by atoms with Crippen LogP contribution in [-0.2, 0) is 28.5 Å². The summed E-state index contributed by atoms with van der Waals surface area (Å²) in [6.07, 6.45) is -1.54. The van der Waals surface area contributed by atoms with Gasteiger partial charge in [-0.2, -0.15) is 0 Å². The summed E-state index contributed by atoms with van der Waals surface area (Å²) in [7, 11) is 0. The van der Waals surface area contributed by atoms with Gasteiger partial charge < -0.3 is 24.1 Å². The second-order valence-electron chi connectivity index (χ2n) is 5.73. The molecule has 0 aromatic rings. The minimum atomic E-state index is -1.29. The molecular weight excluding hydrogens is 280 g/mol. The van der Waals surface area contributed by atoms with Crippen LogP contribution in [0.2, 0.25) is 0 Å². The van der Waals surface area contributed by atoms with Crippen molar-refractivity contribution in [3.63, 3.8) is 0 Å². The van der Waals surface area contributed by atoms with Crippen LogP contribution in [0.4, 0.5) is 0 Å². The third-order valence-corrected chi connectivity index (χ3v) is 4.06. The van der Waals surface area contributed by atoms with E-state index in [1.807, 2.05) is 0 Å². The van der Waals surface area contributed by atoms with Gasteiger partial charge in [-0.05, 0) is 13.3 Å². The molecule has 7 heteroatoms. The Morgan fingerprint density at radius 3 is 3.00 bits per heavy atom. The van der Waals surface area contributed by atoms with Crippen molar-refractivity contribution >= 4 is 11.9 Å². The molecule has 3 rings (SSSR count). The molecule has 7 nitrogen and oxygen atoms in total. The Kier molecular flexibility index (Phi) is 3.73. The van der Waals surface area contributed by atoms with E-state index >= 15 is 0 Å². The zero-order valence-electron chi connectivity index (χ0n) is 11.7. The molecule has 116 valence electrons. The molecule has 0 radical (unpaired) electrons. The summed E-state index contributed by atoms with van der Waals surface area (Å²) in [6.45, 7) is 4.66. The Labute approximate surface area is 121 Å². The van der Waals surface area contributed by atoms with Gasteiger partial charge in [0.25, 0.3) is 0 Å². The summed E-state index contributed by atoms with van der Waals surface area (Å²) < 4.78 is 21.3. The summed E-state index contributed by atoms with van der Waals surface area (Å²) in [6, 6.07) is 0. The second-order valence-corrected chi connectivity index (χ2v) is 5.73. The zero-order chi connectivity index (χ0) is 15.1. The Bertz CT molecular complexity index is 474. The molecule has 3 fully saturated rings.